The molecule has 1 aliphatic carbocycles. The molecule has 6 heteroatoms. The Morgan fingerprint density at radius 2 is 1.40 bits per heavy atom. The van der Waals surface area contributed by atoms with E-state index in [1.807, 2.05) is 79.7 Å². The number of ketones is 1. The maximum atomic E-state index is 13.6. The smallest absolute Gasteiger partial charge is 0.360 e. The molecule has 3 aromatic rings. The minimum atomic E-state index is -0.300. The third kappa shape index (κ3) is 6.51. The van der Waals surface area contributed by atoms with Gasteiger partial charge in [-0.2, -0.15) is 0 Å². The van der Waals surface area contributed by atoms with Crippen LogP contribution < -0.4 is 14.6 Å². The van der Waals surface area contributed by atoms with Gasteiger partial charge in [-0.05, 0) is 111 Å². The number of ether oxygens (including phenoxy) is 3. The predicted octanol–water partition coefficient (Wildman–Crippen LogP) is 8.44. The Kier molecular flexibility index (Phi) is 8.37. The van der Waals surface area contributed by atoms with Crippen molar-refractivity contribution in [1.29, 1.82) is 0 Å². The fourth-order valence-corrected chi connectivity index (χ4v) is 5.05. The minimum Gasteiger partial charge on any atom is -0.871 e. The van der Waals surface area contributed by atoms with Crippen molar-refractivity contribution in [3.05, 3.63) is 124 Å². The minimum absolute atomic E-state index is 0.156. The Morgan fingerprint density at radius 3 is 1.91 bits per heavy atom. The zero-order valence-corrected chi connectivity index (χ0v) is 27.5. The number of carbonyl (C=O) groups is 1. The van der Waals surface area contributed by atoms with Crippen molar-refractivity contribution < 1.29 is 28.5 Å². The maximum Gasteiger partial charge on any atom is 0.360 e. The summed E-state index contributed by atoms with van der Waals surface area (Å²) in [5, 5.41) is 13.6. The molecule has 0 saturated heterocycles. The summed E-state index contributed by atoms with van der Waals surface area (Å²) in [6, 6.07) is 19.0. The second kappa shape index (κ2) is 11.9. The Morgan fingerprint density at radius 1 is 0.822 bits per heavy atom. The van der Waals surface area contributed by atoms with Crippen LogP contribution in [0.3, 0.4) is 0 Å². The molecule has 0 fully saturated rings. The second-order valence-electron chi connectivity index (χ2n) is 13.4. The largest absolute Gasteiger partial charge is 0.871 e. The number of methoxy groups -OCH3 is 2. The highest BCUT2D eigenvalue weighted by Gasteiger charge is 2.33. The summed E-state index contributed by atoms with van der Waals surface area (Å²) < 4.78 is 23.2. The summed E-state index contributed by atoms with van der Waals surface area (Å²) >= 11 is 0. The lowest BCUT2D eigenvalue weighted by molar-refractivity contribution is -0.300. The molecule has 1 aromatic heterocycles. The summed E-state index contributed by atoms with van der Waals surface area (Å²) in [7, 11) is 3.25. The van der Waals surface area contributed by atoms with E-state index < -0.39 is 0 Å². The van der Waals surface area contributed by atoms with E-state index in [0.717, 1.165) is 45.3 Å². The Bertz CT molecular complexity index is 1800. The summed E-state index contributed by atoms with van der Waals surface area (Å²) in [5.74, 6) is 3.70. The van der Waals surface area contributed by atoms with Crippen LogP contribution in [0.2, 0.25) is 0 Å². The van der Waals surface area contributed by atoms with Gasteiger partial charge in [0.1, 0.15) is 23.0 Å². The molecule has 0 spiro atoms. The monoisotopic (exact) mass is 604 g/mol. The molecular weight excluding hydrogens is 564 g/mol. The predicted molar refractivity (Wildman–Crippen MR) is 176 cm³/mol. The van der Waals surface area contributed by atoms with Gasteiger partial charge in [-0.25, -0.2) is 4.42 Å². The van der Waals surface area contributed by atoms with Crippen molar-refractivity contribution in [2.24, 2.45) is 5.41 Å². The van der Waals surface area contributed by atoms with E-state index in [1.54, 1.807) is 20.3 Å². The van der Waals surface area contributed by atoms with Gasteiger partial charge in [0, 0.05) is 28.2 Å². The van der Waals surface area contributed by atoms with Crippen LogP contribution in [0.5, 0.6) is 11.5 Å². The lowest BCUT2D eigenvalue weighted by atomic mass is 9.81. The quantitative estimate of drug-likeness (QED) is 0.208. The normalized spacial score (nSPS) is 17.4. The number of benzene rings is 2. The molecule has 1 aliphatic heterocycles. The van der Waals surface area contributed by atoms with E-state index in [2.05, 4.69) is 41.5 Å². The zero-order chi connectivity index (χ0) is 32.7. The van der Waals surface area contributed by atoms with Gasteiger partial charge in [-0.15, -0.1) is 0 Å². The van der Waals surface area contributed by atoms with Gasteiger partial charge in [0.25, 0.3) is 0 Å². The fraction of sp³-hybridized carbons (Fsp3) is 0.282. The molecule has 232 valence electrons. The molecular formula is C39H40O6. The highest BCUT2D eigenvalue weighted by molar-refractivity contribution is 6.24. The van der Waals surface area contributed by atoms with Crippen molar-refractivity contribution in [1.82, 2.24) is 0 Å². The highest BCUT2D eigenvalue weighted by atomic mass is 16.5. The molecule has 0 saturated carbocycles. The van der Waals surface area contributed by atoms with Crippen LogP contribution in [0.15, 0.2) is 112 Å². The van der Waals surface area contributed by atoms with Crippen molar-refractivity contribution >= 4 is 17.1 Å². The van der Waals surface area contributed by atoms with E-state index in [1.165, 1.54) is 0 Å². The van der Waals surface area contributed by atoms with Crippen LogP contribution in [-0.4, -0.2) is 20.0 Å². The van der Waals surface area contributed by atoms with Crippen LogP contribution in [0, 0.1) is 5.41 Å². The van der Waals surface area contributed by atoms with Crippen LogP contribution in [0.25, 0.3) is 22.7 Å². The molecule has 0 amide bonds. The molecule has 5 rings (SSSR count). The molecule has 6 nitrogen and oxygen atoms in total. The number of hydrogen-bond acceptors (Lipinski definition) is 5. The Balaban J connectivity index is 1.57. The number of Topliss-reactive ketones (excluding diaryl/α,β-unsaturated/α-hetero) is 1. The molecule has 2 heterocycles. The Hall–Kier alpha value is -4.84. The van der Waals surface area contributed by atoms with Gasteiger partial charge in [0.05, 0.1) is 31.3 Å². The fourth-order valence-electron chi connectivity index (χ4n) is 5.05. The summed E-state index contributed by atoms with van der Waals surface area (Å²) in [4.78, 5) is 13.6. The first-order chi connectivity index (χ1) is 21.2. The Labute approximate surface area is 265 Å². The van der Waals surface area contributed by atoms with Gasteiger partial charge in [-0.1, -0.05) is 26.5 Å². The molecule has 0 unspecified atom stereocenters. The summed E-state index contributed by atoms with van der Waals surface area (Å²) in [6.07, 6.45) is 5.42. The van der Waals surface area contributed by atoms with E-state index in [9.17, 15) is 9.90 Å². The van der Waals surface area contributed by atoms with Crippen LogP contribution in [-0.2, 0) is 14.9 Å². The molecule has 0 N–H and O–H groups in total. The topological polar surface area (TPSA) is 79.1 Å². The van der Waals surface area contributed by atoms with E-state index in [4.69, 9.17) is 18.6 Å². The van der Waals surface area contributed by atoms with Crippen molar-refractivity contribution in [2.75, 3.05) is 14.2 Å². The third-order valence-electron chi connectivity index (χ3n) is 7.90. The molecule has 2 aliphatic rings. The molecule has 45 heavy (non-hydrogen) atoms. The van der Waals surface area contributed by atoms with Crippen molar-refractivity contribution in [3.8, 4) is 22.8 Å². The number of rotatable bonds is 6. The second-order valence-corrected chi connectivity index (χ2v) is 13.4. The number of allylic oxidation sites excluding steroid dienone is 8. The first kappa shape index (κ1) is 31.6. The van der Waals surface area contributed by atoms with Crippen LogP contribution >= 0.6 is 0 Å². The van der Waals surface area contributed by atoms with E-state index >= 15 is 0 Å². The SMILES string of the molecule is COc1ccc(C2=CC(=CC3=C([O-])C(=C(C)c4cc(-c5ccc(OC)cc5)[o+]c(C(C)(C)C)c4)C3=O)C=C(C(C)(C)C)O2)cc1. The standard InChI is InChI=1S/C39H40O6/c1-23(27-21-32(45-34(22-27)39(5,6)7)26-12-16-29(43-9)17-13-26)35-36(40)30(37(35)41)18-24-19-31(44-33(20-24)38(2,3)4)25-10-14-28(42-8)15-11-25/h10-22H,1-9H3. The number of hydrogen-bond donors (Lipinski definition) is 0. The van der Waals surface area contributed by atoms with Gasteiger partial charge in [0.15, 0.2) is 5.78 Å². The molecule has 0 atom stereocenters. The molecule has 0 radical (unpaired) electrons. The lowest BCUT2D eigenvalue weighted by Gasteiger charge is -2.32. The van der Waals surface area contributed by atoms with Gasteiger partial charge in [-0.3, -0.25) is 4.79 Å². The van der Waals surface area contributed by atoms with Crippen LogP contribution in [0.1, 0.15) is 65.4 Å². The molecule has 2 aromatic carbocycles. The van der Waals surface area contributed by atoms with Crippen molar-refractivity contribution in [2.45, 2.75) is 53.9 Å². The first-order valence-corrected chi connectivity index (χ1v) is 15.0. The van der Waals surface area contributed by atoms with Crippen LogP contribution in [0.4, 0.5) is 0 Å². The van der Waals surface area contributed by atoms with Gasteiger partial charge in [0.2, 0.25) is 0 Å². The zero-order valence-electron chi connectivity index (χ0n) is 27.5. The lowest BCUT2D eigenvalue weighted by Crippen LogP contribution is -2.30. The summed E-state index contributed by atoms with van der Waals surface area (Å²) in [6.45, 7) is 14.2. The van der Waals surface area contributed by atoms with Gasteiger partial charge < -0.3 is 19.3 Å². The third-order valence-corrected chi connectivity index (χ3v) is 7.90. The maximum absolute atomic E-state index is 13.6. The molecule has 0 bridgehead atoms. The average molecular weight is 605 g/mol. The first-order valence-electron chi connectivity index (χ1n) is 15.0. The van der Waals surface area contributed by atoms with E-state index in [-0.39, 0.29) is 33.5 Å². The summed E-state index contributed by atoms with van der Waals surface area (Å²) in [5.41, 5.74) is 3.59. The van der Waals surface area contributed by atoms with E-state index in [0.29, 0.717) is 17.1 Å². The van der Waals surface area contributed by atoms with Crippen molar-refractivity contribution in [3.63, 3.8) is 0 Å². The van der Waals surface area contributed by atoms with Gasteiger partial charge >= 0.3 is 11.5 Å². The average Bonchev–Trinajstić information content (AvgIpc) is 3.02. The highest BCUT2D eigenvalue weighted by Crippen LogP contribution is 2.40. The number of carbonyl (C=O) groups excluding carboxylic acids is 1.